The van der Waals surface area contributed by atoms with Crippen LogP contribution < -0.4 is 4.74 Å². The second kappa shape index (κ2) is 31.4. The Morgan fingerprint density at radius 1 is 0.500 bits per heavy atom. The van der Waals surface area contributed by atoms with Crippen LogP contribution in [0.4, 0.5) is 0 Å². The zero-order valence-corrected chi connectivity index (χ0v) is 23.1. The predicted molar refractivity (Wildman–Crippen MR) is 142 cm³/mol. The van der Waals surface area contributed by atoms with Crippen LogP contribution >= 0.6 is 0 Å². The smallest absolute Gasteiger partial charge is 0.305 e. The third kappa shape index (κ3) is 28.7. The normalized spacial score (nSPS) is 10.7. The van der Waals surface area contributed by atoms with E-state index in [1.54, 1.807) is 0 Å². The van der Waals surface area contributed by atoms with Crippen molar-refractivity contribution in [3.05, 3.63) is 30.3 Å². The Morgan fingerprint density at radius 2 is 0.789 bits per heavy atom. The molecular formula is C27H48O11. The molecule has 0 aromatic heterocycles. The van der Waals surface area contributed by atoms with Crippen molar-refractivity contribution in [3.63, 3.8) is 0 Å². The van der Waals surface area contributed by atoms with Crippen molar-refractivity contribution in [1.82, 2.24) is 0 Å². The Bertz CT molecular complexity index is 590. The van der Waals surface area contributed by atoms with Gasteiger partial charge in [-0.15, -0.1) is 0 Å². The number of aliphatic carboxylic acids is 1. The van der Waals surface area contributed by atoms with Gasteiger partial charge >= 0.3 is 5.97 Å². The van der Waals surface area contributed by atoms with Crippen LogP contribution in [-0.4, -0.2) is 123 Å². The molecule has 0 spiro atoms. The maximum Gasteiger partial charge on any atom is 0.305 e. The van der Waals surface area contributed by atoms with Crippen molar-refractivity contribution in [2.45, 2.75) is 20.3 Å². The van der Waals surface area contributed by atoms with Crippen molar-refractivity contribution in [2.75, 3.05) is 112 Å². The molecule has 0 saturated carbocycles. The van der Waals surface area contributed by atoms with Gasteiger partial charge in [-0.1, -0.05) is 32.0 Å². The van der Waals surface area contributed by atoms with Gasteiger partial charge in [0.25, 0.3) is 0 Å². The highest BCUT2D eigenvalue weighted by atomic mass is 16.6. The summed E-state index contributed by atoms with van der Waals surface area (Å²) in [5.41, 5.74) is 0. The number of carboxylic acid groups (broad SMARTS) is 1. The lowest BCUT2D eigenvalue weighted by molar-refractivity contribution is -0.138. The van der Waals surface area contributed by atoms with Crippen LogP contribution in [-0.2, 0) is 42.7 Å². The van der Waals surface area contributed by atoms with E-state index < -0.39 is 5.97 Å². The summed E-state index contributed by atoms with van der Waals surface area (Å²) >= 11 is 0. The lowest BCUT2D eigenvalue weighted by Crippen LogP contribution is -2.15. The van der Waals surface area contributed by atoms with Crippen molar-refractivity contribution in [1.29, 1.82) is 0 Å². The summed E-state index contributed by atoms with van der Waals surface area (Å²) in [6, 6.07) is 9.64. The topological polar surface area (TPSA) is 120 Å². The Balaban J connectivity index is 0.00000667. The summed E-state index contributed by atoms with van der Waals surface area (Å²) in [6.07, 6.45) is 0.00202. The molecule has 0 heterocycles. The summed E-state index contributed by atoms with van der Waals surface area (Å²) in [5.74, 6) is -0.0317. The van der Waals surface area contributed by atoms with Gasteiger partial charge in [0.05, 0.1) is 112 Å². The fourth-order valence-electron chi connectivity index (χ4n) is 2.54. The Morgan fingerprint density at radius 3 is 1.11 bits per heavy atom. The number of rotatable bonds is 28. The van der Waals surface area contributed by atoms with Crippen LogP contribution in [0.3, 0.4) is 0 Å². The van der Waals surface area contributed by atoms with E-state index in [-0.39, 0.29) is 13.0 Å². The van der Waals surface area contributed by atoms with Gasteiger partial charge in [-0.3, -0.25) is 4.79 Å². The van der Waals surface area contributed by atoms with Crippen LogP contribution in [0.15, 0.2) is 30.3 Å². The Labute approximate surface area is 227 Å². The molecule has 0 aliphatic rings. The average molecular weight is 549 g/mol. The standard InChI is InChI=1S/C25H42O11.C2H6/c26-25(27)6-7-28-8-9-29-10-11-30-12-13-31-14-15-32-16-17-33-18-19-34-20-21-35-22-23-36-24-4-2-1-3-5-24;1-2/h1-5H,6-23H2,(H,26,27);1-2H3. The van der Waals surface area contributed by atoms with Crippen molar-refractivity contribution >= 4 is 5.97 Å². The van der Waals surface area contributed by atoms with Gasteiger partial charge in [0, 0.05) is 0 Å². The Kier molecular flexibility index (Phi) is 29.9. The number of hydrogen-bond acceptors (Lipinski definition) is 10. The zero-order valence-electron chi connectivity index (χ0n) is 23.1. The molecule has 0 bridgehead atoms. The van der Waals surface area contributed by atoms with E-state index >= 15 is 0 Å². The molecule has 1 N–H and O–H groups in total. The molecule has 0 unspecified atom stereocenters. The molecule has 0 radical (unpaired) electrons. The molecule has 0 aliphatic heterocycles. The minimum Gasteiger partial charge on any atom is -0.491 e. The van der Waals surface area contributed by atoms with Gasteiger partial charge in [-0.2, -0.15) is 0 Å². The fraction of sp³-hybridized carbons (Fsp3) is 0.741. The second-order valence-corrected chi connectivity index (χ2v) is 7.20. The first-order valence-electron chi connectivity index (χ1n) is 13.3. The van der Waals surface area contributed by atoms with Gasteiger partial charge in [0.1, 0.15) is 12.4 Å². The molecule has 0 aliphatic carbocycles. The van der Waals surface area contributed by atoms with Gasteiger partial charge in [-0.05, 0) is 12.1 Å². The second-order valence-electron chi connectivity index (χ2n) is 7.20. The molecule has 0 atom stereocenters. The number of ether oxygens (including phenoxy) is 9. The van der Waals surface area contributed by atoms with E-state index in [1.165, 1.54) is 0 Å². The van der Waals surface area contributed by atoms with Crippen molar-refractivity contribution < 1.29 is 52.5 Å². The molecule has 38 heavy (non-hydrogen) atoms. The maximum atomic E-state index is 10.3. The first-order valence-corrected chi connectivity index (χ1v) is 13.3. The molecule has 1 aromatic carbocycles. The first-order chi connectivity index (χ1) is 18.8. The summed E-state index contributed by atoms with van der Waals surface area (Å²) < 4.78 is 48.5. The van der Waals surface area contributed by atoms with E-state index in [1.807, 2.05) is 44.2 Å². The molecular weight excluding hydrogens is 500 g/mol. The quantitative estimate of drug-likeness (QED) is 0.156. The number of benzene rings is 1. The molecule has 11 nitrogen and oxygen atoms in total. The third-order valence-corrected chi connectivity index (χ3v) is 4.30. The maximum absolute atomic E-state index is 10.3. The molecule has 11 heteroatoms. The highest BCUT2D eigenvalue weighted by molar-refractivity contribution is 5.66. The van der Waals surface area contributed by atoms with Crippen LogP contribution in [0.2, 0.25) is 0 Å². The van der Waals surface area contributed by atoms with Gasteiger partial charge in [-0.25, -0.2) is 0 Å². The lowest BCUT2D eigenvalue weighted by atomic mass is 10.3. The minimum atomic E-state index is -0.871. The van der Waals surface area contributed by atoms with Crippen LogP contribution in [0.25, 0.3) is 0 Å². The van der Waals surface area contributed by atoms with E-state index in [2.05, 4.69) is 0 Å². The third-order valence-electron chi connectivity index (χ3n) is 4.30. The monoisotopic (exact) mass is 548 g/mol. The zero-order chi connectivity index (χ0) is 27.8. The van der Waals surface area contributed by atoms with Crippen molar-refractivity contribution in [2.24, 2.45) is 0 Å². The SMILES string of the molecule is CC.O=C(O)CCOCCOCCOCCOCCOCCOCCOCCOCCOc1ccccc1. The van der Waals surface area contributed by atoms with E-state index in [0.29, 0.717) is 106 Å². The van der Waals surface area contributed by atoms with Gasteiger partial charge in [0.2, 0.25) is 0 Å². The van der Waals surface area contributed by atoms with Crippen LogP contribution in [0.5, 0.6) is 5.75 Å². The highest BCUT2D eigenvalue weighted by Crippen LogP contribution is 2.07. The molecule has 1 aromatic rings. The number of para-hydroxylation sites is 1. The first kappa shape index (κ1) is 36.2. The minimum absolute atomic E-state index is 0.00202. The molecule has 1 rings (SSSR count). The summed E-state index contributed by atoms with van der Waals surface area (Å²) in [5, 5.41) is 8.46. The largest absolute Gasteiger partial charge is 0.491 e. The van der Waals surface area contributed by atoms with Crippen LogP contribution in [0.1, 0.15) is 20.3 Å². The molecule has 0 fully saturated rings. The number of carbonyl (C=O) groups is 1. The van der Waals surface area contributed by atoms with E-state index in [4.69, 9.17) is 47.7 Å². The van der Waals surface area contributed by atoms with Gasteiger partial charge < -0.3 is 47.7 Å². The number of hydrogen-bond donors (Lipinski definition) is 1. The summed E-state index contributed by atoms with van der Waals surface area (Å²) in [4.78, 5) is 10.3. The summed E-state index contributed by atoms with van der Waals surface area (Å²) in [7, 11) is 0. The van der Waals surface area contributed by atoms with Crippen molar-refractivity contribution in [3.8, 4) is 5.75 Å². The average Bonchev–Trinajstić information content (AvgIpc) is 2.94. The highest BCUT2D eigenvalue weighted by Gasteiger charge is 1.97. The molecule has 0 amide bonds. The van der Waals surface area contributed by atoms with E-state index in [0.717, 1.165) is 5.75 Å². The predicted octanol–water partition coefficient (Wildman–Crippen LogP) is 2.70. The number of carboxylic acids is 1. The lowest BCUT2D eigenvalue weighted by Gasteiger charge is -2.09. The summed E-state index contributed by atoms with van der Waals surface area (Å²) in [6.45, 7) is 12.0. The molecule has 222 valence electrons. The van der Waals surface area contributed by atoms with E-state index in [9.17, 15) is 4.79 Å². The Hall–Kier alpha value is -1.83. The molecule has 0 saturated heterocycles. The van der Waals surface area contributed by atoms with Crippen LogP contribution in [0, 0.1) is 0 Å². The fourth-order valence-corrected chi connectivity index (χ4v) is 2.54. The van der Waals surface area contributed by atoms with Gasteiger partial charge in [0.15, 0.2) is 0 Å².